The number of carbonyl (C=O) groups excluding carboxylic acids is 2. The summed E-state index contributed by atoms with van der Waals surface area (Å²) in [5, 5.41) is 10.9. The van der Waals surface area contributed by atoms with E-state index >= 15 is 0 Å². The van der Waals surface area contributed by atoms with Crippen LogP contribution in [0.25, 0.3) is 0 Å². The van der Waals surface area contributed by atoms with Crippen molar-refractivity contribution in [2.75, 3.05) is 0 Å². The molecule has 3 aliphatic rings. The standard InChI is InChI=1S/C22H32O4/c1-12-6-8-17-14(3)19-16(10-11-22(19,5)21(25)20(17)24)13(2)18(9-7-12)26-15(4)23/h12,16,18-19,21,25H,2,6-11H2,1,3-5H3. The van der Waals surface area contributed by atoms with Crippen LogP contribution in [-0.2, 0) is 14.3 Å². The van der Waals surface area contributed by atoms with Crippen LogP contribution in [0, 0.1) is 23.2 Å². The summed E-state index contributed by atoms with van der Waals surface area (Å²) in [4.78, 5) is 24.5. The first-order valence-electron chi connectivity index (χ1n) is 9.94. The third-order valence-electron chi connectivity index (χ3n) is 7.23. The van der Waals surface area contributed by atoms with Gasteiger partial charge in [-0.1, -0.05) is 26.0 Å². The molecule has 6 unspecified atom stereocenters. The zero-order valence-electron chi connectivity index (χ0n) is 16.5. The number of allylic oxidation sites excluding steroid dienone is 1. The molecule has 1 fully saturated rings. The summed E-state index contributed by atoms with van der Waals surface area (Å²) in [6.07, 6.45) is 3.83. The van der Waals surface area contributed by atoms with E-state index in [2.05, 4.69) is 20.4 Å². The van der Waals surface area contributed by atoms with Gasteiger partial charge in [-0.2, -0.15) is 0 Å². The average Bonchev–Trinajstić information content (AvgIpc) is 2.93. The Morgan fingerprint density at radius 1 is 1.27 bits per heavy atom. The smallest absolute Gasteiger partial charge is 0.303 e. The molecule has 144 valence electrons. The van der Waals surface area contributed by atoms with Gasteiger partial charge in [-0.25, -0.2) is 0 Å². The number of aliphatic hydroxyl groups excluding tert-OH is 1. The van der Waals surface area contributed by atoms with Crippen LogP contribution in [0.1, 0.15) is 66.2 Å². The van der Waals surface area contributed by atoms with Gasteiger partial charge in [0.2, 0.25) is 0 Å². The maximum absolute atomic E-state index is 12.9. The maximum atomic E-state index is 12.9. The van der Waals surface area contributed by atoms with Gasteiger partial charge in [-0.05, 0) is 74.3 Å². The van der Waals surface area contributed by atoms with Crippen LogP contribution in [0.15, 0.2) is 23.3 Å². The predicted octanol–water partition coefficient (Wildman–Crippen LogP) is 3.98. The molecule has 0 aliphatic heterocycles. The van der Waals surface area contributed by atoms with Gasteiger partial charge in [0.1, 0.15) is 12.2 Å². The zero-order valence-corrected chi connectivity index (χ0v) is 16.5. The van der Waals surface area contributed by atoms with E-state index in [4.69, 9.17) is 4.74 Å². The Kier molecular flexibility index (Phi) is 5.17. The van der Waals surface area contributed by atoms with Gasteiger partial charge in [0, 0.05) is 12.3 Å². The Balaban J connectivity index is 2.06. The monoisotopic (exact) mass is 360 g/mol. The third-order valence-corrected chi connectivity index (χ3v) is 7.23. The van der Waals surface area contributed by atoms with Crippen LogP contribution in [0.2, 0.25) is 0 Å². The maximum Gasteiger partial charge on any atom is 0.303 e. The Morgan fingerprint density at radius 2 is 1.96 bits per heavy atom. The van der Waals surface area contributed by atoms with Crippen molar-refractivity contribution in [3.63, 3.8) is 0 Å². The molecular weight excluding hydrogens is 328 g/mol. The minimum absolute atomic E-state index is 0.0736. The Morgan fingerprint density at radius 3 is 2.62 bits per heavy atom. The van der Waals surface area contributed by atoms with E-state index in [0.29, 0.717) is 5.92 Å². The second-order valence-electron chi connectivity index (χ2n) is 8.95. The van der Waals surface area contributed by atoms with Crippen molar-refractivity contribution in [3.8, 4) is 0 Å². The number of ether oxygens (including phenoxy) is 1. The van der Waals surface area contributed by atoms with Gasteiger partial charge in [0.05, 0.1) is 0 Å². The van der Waals surface area contributed by atoms with Crippen LogP contribution >= 0.6 is 0 Å². The number of Topliss-reactive ketones (excluding diaryl/α,β-unsaturated/α-hetero) is 1. The van der Waals surface area contributed by atoms with E-state index in [0.717, 1.165) is 55.2 Å². The van der Waals surface area contributed by atoms with Crippen molar-refractivity contribution in [3.05, 3.63) is 23.3 Å². The molecule has 0 radical (unpaired) electrons. The summed E-state index contributed by atoms with van der Waals surface area (Å²) < 4.78 is 5.64. The Labute approximate surface area is 156 Å². The normalized spacial score (nSPS) is 41.0. The van der Waals surface area contributed by atoms with Crippen molar-refractivity contribution in [2.24, 2.45) is 23.2 Å². The van der Waals surface area contributed by atoms with Gasteiger partial charge in [-0.15, -0.1) is 0 Å². The molecule has 2 bridgehead atoms. The number of esters is 1. The topological polar surface area (TPSA) is 63.6 Å². The summed E-state index contributed by atoms with van der Waals surface area (Å²) in [5.74, 6) is 0.332. The van der Waals surface area contributed by atoms with Crippen molar-refractivity contribution in [1.29, 1.82) is 0 Å². The molecule has 0 heterocycles. The molecule has 4 nitrogen and oxygen atoms in total. The Bertz CT molecular complexity index is 661. The van der Waals surface area contributed by atoms with Crippen molar-refractivity contribution in [1.82, 2.24) is 0 Å². The number of hydrogen-bond donors (Lipinski definition) is 1. The molecule has 3 rings (SSSR count). The highest BCUT2D eigenvalue weighted by Crippen LogP contribution is 2.58. The fourth-order valence-electron chi connectivity index (χ4n) is 5.65. The summed E-state index contributed by atoms with van der Waals surface area (Å²) in [7, 11) is 0. The van der Waals surface area contributed by atoms with E-state index in [1.165, 1.54) is 6.92 Å². The first-order chi connectivity index (χ1) is 12.2. The van der Waals surface area contributed by atoms with Gasteiger partial charge < -0.3 is 9.84 Å². The SMILES string of the molecule is C=C1C(OC(C)=O)CCC(C)CCC2=C(C)C3C1CCC3(C)C(O)C2=O. The molecule has 6 atom stereocenters. The summed E-state index contributed by atoms with van der Waals surface area (Å²) in [5.41, 5.74) is 2.47. The van der Waals surface area contributed by atoms with E-state index in [9.17, 15) is 14.7 Å². The Hall–Kier alpha value is -1.42. The minimum atomic E-state index is -0.938. The number of rotatable bonds is 1. The summed E-state index contributed by atoms with van der Waals surface area (Å²) in [6, 6.07) is 0. The van der Waals surface area contributed by atoms with E-state index < -0.39 is 11.5 Å². The first kappa shape index (κ1) is 19.3. The van der Waals surface area contributed by atoms with E-state index in [1.807, 2.05) is 6.92 Å². The number of ketones is 1. The number of aliphatic hydroxyl groups is 1. The van der Waals surface area contributed by atoms with Gasteiger partial charge in [0.15, 0.2) is 5.78 Å². The molecule has 26 heavy (non-hydrogen) atoms. The lowest BCUT2D eigenvalue weighted by atomic mass is 9.61. The number of hydrogen-bond acceptors (Lipinski definition) is 4. The first-order valence-corrected chi connectivity index (χ1v) is 9.94. The number of carbonyl (C=O) groups is 2. The third kappa shape index (κ3) is 3.06. The van der Waals surface area contributed by atoms with Crippen LogP contribution in [-0.4, -0.2) is 29.1 Å². The van der Waals surface area contributed by atoms with Crippen LogP contribution in [0.4, 0.5) is 0 Å². The summed E-state index contributed by atoms with van der Waals surface area (Å²) in [6.45, 7) is 12.1. The van der Waals surface area contributed by atoms with E-state index in [1.54, 1.807) is 0 Å². The average molecular weight is 360 g/mol. The van der Waals surface area contributed by atoms with Crippen LogP contribution in [0.5, 0.6) is 0 Å². The molecule has 1 N–H and O–H groups in total. The molecule has 0 aromatic heterocycles. The molecule has 1 saturated carbocycles. The molecule has 4 heteroatoms. The predicted molar refractivity (Wildman–Crippen MR) is 100 cm³/mol. The van der Waals surface area contributed by atoms with Gasteiger partial charge in [0.25, 0.3) is 0 Å². The highest BCUT2D eigenvalue weighted by molar-refractivity contribution is 6.01. The van der Waals surface area contributed by atoms with Gasteiger partial charge in [-0.3, -0.25) is 9.59 Å². The fourth-order valence-corrected chi connectivity index (χ4v) is 5.65. The molecule has 3 aliphatic carbocycles. The largest absolute Gasteiger partial charge is 0.458 e. The van der Waals surface area contributed by atoms with Crippen molar-refractivity contribution >= 4 is 11.8 Å². The second kappa shape index (κ2) is 6.95. The fraction of sp³-hybridized carbons (Fsp3) is 0.727. The van der Waals surface area contributed by atoms with Crippen LogP contribution in [0.3, 0.4) is 0 Å². The van der Waals surface area contributed by atoms with Crippen molar-refractivity contribution in [2.45, 2.75) is 78.4 Å². The lowest BCUT2D eigenvalue weighted by molar-refractivity contribution is -0.145. The molecule has 0 amide bonds. The highest BCUT2D eigenvalue weighted by atomic mass is 16.5. The quantitative estimate of drug-likeness (QED) is 0.567. The summed E-state index contributed by atoms with van der Waals surface area (Å²) >= 11 is 0. The van der Waals surface area contributed by atoms with Crippen LogP contribution < -0.4 is 0 Å². The molecule has 0 aromatic rings. The van der Waals surface area contributed by atoms with E-state index in [-0.39, 0.29) is 29.7 Å². The molecule has 0 aromatic carbocycles. The second-order valence-corrected chi connectivity index (χ2v) is 8.95. The molecular formula is C22H32O4. The molecule has 0 saturated heterocycles. The lowest BCUT2D eigenvalue weighted by Gasteiger charge is -2.44. The zero-order chi connectivity index (χ0) is 19.2. The van der Waals surface area contributed by atoms with Gasteiger partial charge >= 0.3 is 5.97 Å². The van der Waals surface area contributed by atoms with Crippen molar-refractivity contribution < 1.29 is 19.4 Å². The lowest BCUT2D eigenvalue weighted by Crippen LogP contribution is -2.48. The minimum Gasteiger partial charge on any atom is -0.458 e. The molecule has 0 spiro atoms. The highest BCUT2D eigenvalue weighted by Gasteiger charge is 2.57.